The van der Waals surface area contributed by atoms with Crippen LogP contribution >= 0.6 is 12.2 Å². The molecule has 0 fully saturated rings. The number of thiocarbonyl (C=S) groups is 1. The first-order valence-corrected chi connectivity index (χ1v) is 6.97. The number of carbonyl (C=O) groups is 1. The molecule has 2 N–H and O–H groups in total. The van der Waals surface area contributed by atoms with Crippen molar-refractivity contribution >= 4 is 40.5 Å². The Balaban J connectivity index is 1.99. The van der Waals surface area contributed by atoms with E-state index in [1.54, 1.807) is 24.3 Å². The van der Waals surface area contributed by atoms with E-state index >= 15 is 0 Å². The highest BCUT2D eigenvalue weighted by molar-refractivity contribution is 7.78. The highest BCUT2D eigenvalue weighted by atomic mass is 32.1. The minimum atomic E-state index is -0.283. The van der Waals surface area contributed by atoms with E-state index in [0.717, 1.165) is 12.1 Å². The number of aryl methyl sites for hydroxylation is 1. The molecular weight excluding hydrogens is 282 g/mol. The number of urea groups is 1. The maximum absolute atomic E-state index is 11.9. The molecule has 0 saturated carbocycles. The summed E-state index contributed by atoms with van der Waals surface area (Å²) >= 11 is 4.53. The van der Waals surface area contributed by atoms with Crippen molar-refractivity contribution in [2.45, 2.75) is 13.3 Å². The maximum Gasteiger partial charge on any atom is 0.323 e. The molecule has 21 heavy (non-hydrogen) atoms. The van der Waals surface area contributed by atoms with Crippen LogP contribution in [-0.2, 0) is 6.42 Å². The summed E-state index contributed by atoms with van der Waals surface area (Å²) in [6.07, 6.45) is 0.930. The molecule has 2 amide bonds. The second-order valence-electron chi connectivity index (χ2n) is 4.38. The molecular formula is C16H15N3OS. The van der Waals surface area contributed by atoms with E-state index in [4.69, 9.17) is 0 Å². The van der Waals surface area contributed by atoms with Crippen LogP contribution in [0.5, 0.6) is 0 Å². The van der Waals surface area contributed by atoms with Crippen molar-refractivity contribution in [1.29, 1.82) is 0 Å². The molecule has 0 unspecified atom stereocenters. The lowest BCUT2D eigenvalue weighted by Crippen LogP contribution is -2.19. The summed E-state index contributed by atoms with van der Waals surface area (Å²) in [4.78, 5) is 15.8. The number of hydrogen-bond donors (Lipinski definition) is 2. The van der Waals surface area contributed by atoms with Gasteiger partial charge in [0.15, 0.2) is 0 Å². The van der Waals surface area contributed by atoms with Crippen molar-refractivity contribution in [3.8, 4) is 0 Å². The summed E-state index contributed by atoms with van der Waals surface area (Å²) in [6.45, 7) is 2.07. The van der Waals surface area contributed by atoms with Crippen molar-refractivity contribution in [2.24, 2.45) is 4.99 Å². The average molecular weight is 297 g/mol. The van der Waals surface area contributed by atoms with Crippen LogP contribution in [0, 0.1) is 0 Å². The van der Waals surface area contributed by atoms with Gasteiger partial charge in [-0.05, 0) is 60.6 Å². The number of nitrogens with zero attached hydrogens (tertiary/aromatic N) is 1. The molecule has 106 valence electrons. The van der Waals surface area contributed by atoms with Crippen LogP contribution in [-0.4, -0.2) is 11.2 Å². The van der Waals surface area contributed by atoms with Gasteiger partial charge < -0.3 is 10.6 Å². The van der Waals surface area contributed by atoms with E-state index in [1.807, 2.05) is 24.3 Å². The van der Waals surface area contributed by atoms with E-state index < -0.39 is 0 Å². The number of rotatable bonds is 4. The number of anilines is 2. The second-order valence-corrected chi connectivity index (χ2v) is 4.57. The van der Waals surface area contributed by atoms with Gasteiger partial charge >= 0.3 is 6.03 Å². The highest BCUT2D eigenvalue weighted by Crippen LogP contribution is 2.16. The van der Waals surface area contributed by atoms with E-state index in [-0.39, 0.29) is 6.03 Å². The van der Waals surface area contributed by atoms with E-state index in [2.05, 4.69) is 39.9 Å². The maximum atomic E-state index is 11.9. The van der Waals surface area contributed by atoms with Crippen molar-refractivity contribution in [3.05, 3.63) is 54.1 Å². The number of hydrogen-bond acceptors (Lipinski definition) is 3. The SMILES string of the molecule is CCc1cccc(NC(=O)Nc2ccc(N=C=S)cc2)c1. The van der Waals surface area contributed by atoms with Crippen molar-refractivity contribution in [1.82, 2.24) is 0 Å². The third-order valence-electron chi connectivity index (χ3n) is 2.89. The Morgan fingerprint density at radius 1 is 1.14 bits per heavy atom. The van der Waals surface area contributed by atoms with Crippen LogP contribution in [0.2, 0.25) is 0 Å². The fraction of sp³-hybridized carbons (Fsp3) is 0.125. The molecule has 0 aliphatic rings. The lowest BCUT2D eigenvalue weighted by molar-refractivity contribution is 0.262. The Bertz CT molecular complexity index is 676. The molecule has 2 aromatic rings. The molecule has 0 saturated heterocycles. The smallest absolute Gasteiger partial charge is 0.308 e. The average Bonchev–Trinajstić information content (AvgIpc) is 2.49. The molecule has 0 aliphatic carbocycles. The largest absolute Gasteiger partial charge is 0.323 e. The van der Waals surface area contributed by atoms with Gasteiger partial charge in [0.1, 0.15) is 0 Å². The number of isothiocyanates is 1. The Hall–Kier alpha value is -2.49. The Morgan fingerprint density at radius 3 is 2.52 bits per heavy atom. The lowest BCUT2D eigenvalue weighted by atomic mass is 10.1. The summed E-state index contributed by atoms with van der Waals surface area (Å²) in [5.41, 5.74) is 3.33. The summed E-state index contributed by atoms with van der Waals surface area (Å²) in [5.74, 6) is 0. The number of amides is 2. The quantitative estimate of drug-likeness (QED) is 0.638. The minimum absolute atomic E-state index is 0.283. The molecule has 5 heteroatoms. The molecule has 0 atom stereocenters. The van der Waals surface area contributed by atoms with Crippen LogP contribution in [0.25, 0.3) is 0 Å². The topological polar surface area (TPSA) is 53.5 Å². The van der Waals surface area contributed by atoms with Crippen molar-refractivity contribution < 1.29 is 4.79 Å². The predicted octanol–water partition coefficient (Wildman–Crippen LogP) is 4.63. The van der Waals surface area contributed by atoms with E-state index in [1.165, 1.54) is 5.56 Å². The van der Waals surface area contributed by atoms with Gasteiger partial charge in [-0.3, -0.25) is 0 Å². The molecule has 2 rings (SSSR count). The zero-order chi connectivity index (χ0) is 15.1. The summed E-state index contributed by atoms with van der Waals surface area (Å²) in [6, 6.07) is 14.5. The first-order valence-electron chi connectivity index (χ1n) is 6.56. The second kappa shape index (κ2) is 7.33. The van der Waals surface area contributed by atoms with Gasteiger partial charge in [0.25, 0.3) is 0 Å². The summed E-state index contributed by atoms with van der Waals surface area (Å²) < 4.78 is 0. The normalized spacial score (nSPS) is 9.57. The van der Waals surface area contributed by atoms with Crippen LogP contribution in [0.3, 0.4) is 0 Å². The number of nitrogens with one attached hydrogen (secondary N) is 2. The molecule has 0 heterocycles. The standard InChI is InChI=1S/C16H15N3OS/c1-2-12-4-3-5-15(10-12)19-16(20)18-14-8-6-13(7-9-14)17-11-21/h3-10H,2H2,1H3,(H2,18,19,20). The Labute approximate surface area is 128 Å². The number of carbonyl (C=O) groups excluding carboxylic acids is 1. The monoisotopic (exact) mass is 297 g/mol. The molecule has 0 radical (unpaired) electrons. The first kappa shape index (κ1) is 14.9. The highest BCUT2D eigenvalue weighted by Gasteiger charge is 2.03. The van der Waals surface area contributed by atoms with E-state index in [0.29, 0.717) is 11.4 Å². The van der Waals surface area contributed by atoms with Crippen molar-refractivity contribution in [2.75, 3.05) is 10.6 Å². The molecule has 0 bridgehead atoms. The third kappa shape index (κ3) is 4.53. The fourth-order valence-electron chi connectivity index (χ4n) is 1.83. The van der Waals surface area contributed by atoms with Crippen LogP contribution < -0.4 is 10.6 Å². The third-order valence-corrected chi connectivity index (χ3v) is 2.98. The zero-order valence-electron chi connectivity index (χ0n) is 11.6. The van der Waals surface area contributed by atoms with Crippen LogP contribution in [0.15, 0.2) is 53.5 Å². The predicted molar refractivity (Wildman–Crippen MR) is 89.6 cm³/mol. The van der Waals surface area contributed by atoms with Gasteiger partial charge in [0, 0.05) is 11.4 Å². The molecule has 2 aromatic carbocycles. The molecule has 0 spiro atoms. The molecule has 4 nitrogen and oxygen atoms in total. The van der Waals surface area contributed by atoms with Gasteiger partial charge in [0.2, 0.25) is 0 Å². The Kier molecular flexibility index (Phi) is 5.21. The van der Waals surface area contributed by atoms with E-state index in [9.17, 15) is 4.79 Å². The van der Waals surface area contributed by atoms with Crippen LogP contribution in [0.4, 0.5) is 21.9 Å². The van der Waals surface area contributed by atoms with Gasteiger partial charge in [-0.15, -0.1) is 0 Å². The van der Waals surface area contributed by atoms with Crippen molar-refractivity contribution in [3.63, 3.8) is 0 Å². The number of aliphatic imine (C=N–C) groups is 1. The van der Waals surface area contributed by atoms with Gasteiger partial charge in [0.05, 0.1) is 10.8 Å². The van der Waals surface area contributed by atoms with Gasteiger partial charge in [-0.2, -0.15) is 4.99 Å². The minimum Gasteiger partial charge on any atom is -0.308 e. The summed E-state index contributed by atoms with van der Waals surface area (Å²) in [5, 5.41) is 7.86. The zero-order valence-corrected chi connectivity index (χ0v) is 12.4. The summed E-state index contributed by atoms with van der Waals surface area (Å²) in [7, 11) is 0. The molecule has 0 aliphatic heterocycles. The number of benzene rings is 2. The first-order chi connectivity index (χ1) is 10.2. The lowest BCUT2D eigenvalue weighted by Gasteiger charge is -2.08. The van der Waals surface area contributed by atoms with Gasteiger partial charge in [-0.25, -0.2) is 4.79 Å². The van der Waals surface area contributed by atoms with Gasteiger partial charge in [-0.1, -0.05) is 19.1 Å². The fourth-order valence-corrected chi connectivity index (χ4v) is 1.94. The Morgan fingerprint density at radius 2 is 1.86 bits per heavy atom. The van der Waals surface area contributed by atoms with Crippen LogP contribution in [0.1, 0.15) is 12.5 Å². The molecule has 0 aromatic heterocycles.